The van der Waals surface area contributed by atoms with Gasteiger partial charge >= 0.3 is 0 Å². The molecule has 0 aliphatic carbocycles. The number of hydrogen-bond acceptors (Lipinski definition) is 6. The van der Waals surface area contributed by atoms with Crippen LogP contribution in [0.25, 0.3) is 10.9 Å². The Balaban J connectivity index is 1.20. The highest BCUT2D eigenvalue weighted by Gasteiger charge is 2.23. The van der Waals surface area contributed by atoms with Crippen molar-refractivity contribution in [3.05, 3.63) is 78.9 Å². The first-order valence-corrected chi connectivity index (χ1v) is 12.8. The molecule has 1 aliphatic heterocycles. The van der Waals surface area contributed by atoms with Gasteiger partial charge < -0.3 is 14.4 Å². The highest BCUT2D eigenvalue weighted by molar-refractivity contribution is 7.92. The van der Waals surface area contributed by atoms with Crippen molar-refractivity contribution < 1.29 is 13.2 Å². The predicted molar refractivity (Wildman–Crippen MR) is 135 cm³/mol. The Bertz CT molecular complexity index is 1440. The fourth-order valence-corrected chi connectivity index (χ4v) is 5.45. The van der Waals surface area contributed by atoms with Crippen molar-refractivity contribution in [1.82, 2.24) is 19.4 Å². The number of aromatic nitrogens is 3. The molecular formula is C25H26N6O3S. The summed E-state index contributed by atoms with van der Waals surface area (Å²) >= 11 is 0. The number of carbonyl (C=O) groups excluding carboxylic acids is 1. The summed E-state index contributed by atoms with van der Waals surface area (Å²) in [5.74, 6) is 0.339. The van der Waals surface area contributed by atoms with Gasteiger partial charge in [0.15, 0.2) is 0 Å². The van der Waals surface area contributed by atoms with E-state index in [1.807, 2.05) is 30.3 Å². The summed E-state index contributed by atoms with van der Waals surface area (Å²) in [4.78, 5) is 24.9. The third-order valence-corrected chi connectivity index (χ3v) is 7.66. The molecule has 0 unspecified atom stereocenters. The summed E-state index contributed by atoms with van der Waals surface area (Å²) < 4.78 is 29.7. The maximum Gasteiger partial charge on any atom is 0.263 e. The Morgan fingerprint density at radius 3 is 2.46 bits per heavy atom. The zero-order valence-electron chi connectivity index (χ0n) is 19.3. The summed E-state index contributed by atoms with van der Waals surface area (Å²) in [6.45, 7) is 2.62. The molecule has 1 amide bonds. The predicted octanol–water partition coefficient (Wildman–Crippen LogP) is 2.66. The average Bonchev–Trinajstić information content (AvgIpc) is 3.20. The van der Waals surface area contributed by atoms with Crippen LogP contribution in [0.2, 0.25) is 0 Å². The number of para-hydroxylation sites is 1. The summed E-state index contributed by atoms with van der Waals surface area (Å²) in [5, 5.41) is 1.12. The molecule has 5 rings (SSSR count). The van der Waals surface area contributed by atoms with Gasteiger partial charge in [-0.2, -0.15) is 0 Å². The Hall–Kier alpha value is -3.92. The zero-order valence-corrected chi connectivity index (χ0v) is 20.1. The number of aryl methyl sites for hydroxylation is 1. The van der Waals surface area contributed by atoms with Crippen LogP contribution in [0.1, 0.15) is 5.56 Å². The number of fused-ring (bicyclic) bond motifs is 1. The molecule has 9 nitrogen and oxygen atoms in total. The van der Waals surface area contributed by atoms with E-state index in [2.05, 4.69) is 36.3 Å². The fourth-order valence-electron chi connectivity index (χ4n) is 4.44. The van der Waals surface area contributed by atoms with Gasteiger partial charge in [0.2, 0.25) is 5.91 Å². The normalized spacial score (nSPS) is 14.3. The lowest BCUT2D eigenvalue weighted by molar-refractivity contribution is -0.130. The molecule has 1 fully saturated rings. The van der Waals surface area contributed by atoms with Gasteiger partial charge in [-0.1, -0.05) is 18.2 Å². The second-order valence-corrected chi connectivity index (χ2v) is 10.2. The van der Waals surface area contributed by atoms with Crippen LogP contribution in [0.15, 0.2) is 78.2 Å². The van der Waals surface area contributed by atoms with E-state index in [1.54, 1.807) is 24.3 Å². The van der Waals surface area contributed by atoms with Gasteiger partial charge in [0, 0.05) is 62.2 Å². The molecule has 0 radical (unpaired) electrons. The van der Waals surface area contributed by atoms with E-state index < -0.39 is 10.0 Å². The van der Waals surface area contributed by atoms with Crippen molar-refractivity contribution >= 4 is 38.3 Å². The topological polar surface area (TPSA) is 100 Å². The molecule has 35 heavy (non-hydrogen) atoms. The molecule has 0 bridgehead atoms. The molecule has 1 saturated heterocycles. The number of nitrogens with zero attached hydrogens (tertiary/aromatic N) is 5. The van der Waals surface area contributed by atoms with Crippen LogP contribution in [0, 0.1) is 0 Å². The quantitative estimate of drug-likeness (QED) is 0.446. The Labute approximate surface area is 204 Å². The standard InChI is InChI=1S/C25H26N6O3S/c1-29-17-19(22-4-2-3-5-23(22)29)16-25(32)31-14-12-30(13-15-31)20-6-8-21(9-7-20)35(33,34)28-24-10-11-26-18-27-24/h2-11,17-18H,12-16H2,1H3,(H,26,27,28). The van der Waals surface area contributed by atoms with Gasteiger partial charge in [-0.25, -0.2) is 18.4 Å². The molecule has 0 spiro atoms. The molecule has 10 heteroatoms. The first-order valence-electron chi connectivity index (χ1n) is 11.4. The Morgan fingerprint density at radius 1 is 1.00 bits per heavy atom. The van der Waals surface area contributed by atoms with E-state index in [4.69, 9.17) is 0 Å². The van der Waals surface area contributed by atoms with E-state index in [9.17, 15) is 13.2 Å². The number of piperazine rings is 1. The average molecular weight is 491 g/mol. The largest absolute Gasteiger partial charge is 0.368 e. The van der Waals surface area contributed by atoms with Crippen LogP contribution in [0.3, 0.4) is 0 Å². The van der Waals surface area contributed by atoms with E-state index in [1.165, 1.54) is 18.6 Å². The molecule has 1 N–H and O–H groups in total. The third kappa shape index (κ3) is 4.83. The van der Waals surface area contributed by atoms with Crippen molar-refractivity contribution in [2.45, 2.75) is 11.3 Å². The second kappa shape index (κ2) is 9.38. The fraction of sp³-hybridized carbons (Fsp3) is 0.240. The van der Waals surface area contributed by atoms with Crippen LogP contribution < -0.4 is 9.62 Å². The smallest absolute Gasteiger partial charge is 0.263 e. The molecule has 0 saturated carbocycles. The van der Waals surface area contributed by atoms with Crippen molar-refractivity contribution in [3.63, 3.8) is 0 Å². The van der Waals surface area contributed by atoms with Gasteiger partial charge in [-0.15, -0.1) is 0 Å². The lowest BCUT2D eigenvalue weighted by Gasteiger charge is -2.36. The third-order valence-electron chi connectivity index (χ3n) is 6.29. The summed E-state index contributed by atoms with van der Waals surface area (Å²) in [5.41, 5.74) is 3.09. The number of carbonyl (C=O) groups is 1. The SMILES string of the molecule is Cn1cc(CC(=O)N2CCN(c3ccc(S(=O)(=O)Nc4ccncn4)cc3)CC2)c2ccccc21. The molecule has 2 aromatic heterocycles. The number of benzene rings is 2. The molecule has 4 aromatic rings. The minimum atomic E-state index is -3.74. The maximum atomic E-state index is 13.0. The minimum Gasteiger partial charge on any atom is -0.368 e. The first-order chi connectivity index (χ1) is 16.9. The summed E-state index contributed by atoms with van der Waals surface area (Å²) in [6, 6.07) is 16.4. The Morgan fingerprint density at radius 2 is 1.74 bits per heavy atom. The van der Waals surface area contributed by atoms with Gasteiger partial charge in [-0.05, 0) is 42.0 Å². The second-order valence-electron chi connectivity index (χ2n) is 8.52. The number of sulfonamides is 1. The van der Waals surface area contributed by atoms with Gasteiger partial charge in [0.1, 0.15) is 12.1 Å². The van der Waals surface area contributed by atoms with Crippen molar-refractivity contribution in [1.29, 1.82) is 0 Å². The van der Waals surface area contributed by atoms with Gasteiger partial charge in [0.05, 0.1) is 11.3 Å². The highest BCUT2D eigenvalue weighted by Crippen LogP contribution is 2.23. The van der Waals surface area contributed by atoms with Crippen LogP contribution in [0.4, 0.5) is 11.5 Å². The van der Waals surface area contributed by atoms with E-state index in [0.29, 0.717) is 32.6 Å². The molecule has 1 aliphatic rings. The van der Waals surface area contributed by atoms with Crippen molar-refractivity contribution in [3.8, 4) is 0 Å². The van der Waals surface area contributed by atoms with Crippen LogP contribution >= 0.6 is 0 Å². The first kappa shape index (κ1) is 22.9. The number of anilines is 2. The highest BCUT2D eigenvalue weighted by atomic mass is 32.2. The zero-order chi connectivity index (χ0) is 24.4. The van der Waals surface area contributed by atoms with E-state index in [-0.39, 0.29) is 16.6 Å². The minimum absolute atomic E-state index is 0.123. The number of amides is 1. The van der Waals surface area contributed by atoms with Crippen LogP contribution in [-0.4, -0.2) is 59.9 Å². The molecule has 3 heterocycles. The summed E-state index contributed by atoms with van der Waals surface area (Å²) in [6.07, 6.45) is 5.18. The molecular weight excluding hydrogens is 464 g/mol. The molecule has 180 valence electrons. The number of nitrogens with one attached hydrogen (secondary N) is 1. The van der Waals surface area contributed by atoms with Crippen LogP contribution in [-0.2, 0) is 28.3 Å². The van der Waals surface area contributed by atoms with Gasteiger partial charge in [-0.3, -0.25) is 9.52 Å². The molecule has 0 atom stereocenters. The maximum absolute atomic E-state index is 13.0. The van der Waals surface area contributed by atoms with Crippen molar-refractivity contribution in [2.75, 3.05) is 35.8 Å². The monoisotopic (exact) mass is 490 g/mol. The number of hydrogen-bond donors (Lipinski definition) is 1. The van der Waals surface area contributed by atoms with E-state index >= 15 is 0 Å². The summed E-state index contributed by atoms with van der Waals surface area (Å²) in [7, 11) is -1.74. The van der Waals surface area contributed by atoms with Gasteiger partial charge in [0.25, 0.3) is 10.0 Å². The number of rotatable bonds is 6. The van der Waals surface area contributed by atoms with Crippen LogP contribution in [0.5, 0.6) is 0 Å². The lowest BCUT2D eigenvalue weighted by Crippen LogP contribution is -2.49. The Kier molecular flexibility index (Phi) is 6.12. The van der Waals surface area contributed by atoms with E-state index in [0.717, 1.165) is 22.2 Å². The lowest BCUT2D eigenvalue weighted by atomic mass is 10.1. The van der Waals surface area contributed by atoms with Crippen molar-refractivity contribution in [2.24, 2.45) is 7.05 Å². The molecule has 2 aromatic carbocycles.